The van der Waals surface area contributed by atoms with E-state index in [1.54, 1.807) is 20.8 Å². The van der Waals surface area contributed by atoms with Crippen LogP contribution in [0.5, 0.6) is 0 Å². The zero-order valence-corrected chi connectivity index (χ0v) is 27.8. The zero-order chi connectivity index (χ0) is 39.2. The molecule has 282 valence electrons. The average molecular weight is 750 g/mol. The first-order chi connectivity index (χ1) is 23.7. The third-order valence-corrected chi connectivity index (χ3v) is 8.05. The Morgan fingerprint density at radius 1 is 0.942 bits per heavy atom. The zero-order valence-electron chi connectivity index (χ0n) is 27.8. The first-order valence-corrected chi connectivity index (χ1v) is 15.4. The predicted molar refractivity (Wildman–Crippen MR) is 165 cm³/mol. The van der Waals surface area contributed by atoms with Gasteiger partial charge in [0.15, 0.2) is 0 Å². The minimum absolute atomic E-state index is 0.0707. The van der Waals surface area contributed by atoms with Gasteiger partial charge in [-0.2, -0.15) is 39.5 Å². The number of amides is 2. The highest BCUT2D eigenvalue weighted by Crippen LogP contribution is 2.47. The van der Waals surface area contributed by atoms with Crippen molar-refractivity contribution in [3.05, 3.63) is 87.5 Å². The van der Waals surface area contributed by atoms with Crippen LogP contribution in [0.4, 0.5) is 50.0 Å². The SMILES string of the molecule is CC[C@]1(N)C[C@H](c2ncc(C(=O)NCC(=O)OC(C)(C)C)c(Cc3cc(C(F)(F)F)cc(C(F)(F)F)c3)n2)c2cc(C(F)(F)F)ccc2N1C(=O)O. The largest absolute Gasteiger partial charge is 0.465 e. The maximum absolute atomic E-state index is 13.8. The topological polar surface area (TPSA) is 148 Å². The molecule has 1 aromatic heterocycles. The summed E-state index contributed by atoms with van der Waals surface area (Å²) in [6, 6.07) is 2.94. The Hall–Kier alpha value is -4.94. The predicted octanol–water partition coefficient (Wildman–Crippen LogP) is 7.28. The van der Waals surface area contributed by atoms with Gasteiger partial charge in [0.2, 0.25) is 0 Å². The molecule has 4 rings (SSSR count). The summed E-state index contributed by atoms with van der Waals surface area (Å²) in [4.78, 5) is 47.0. The van der Waals surface area contributed by atoms with Crippen molar-refractivity contribution in [3.63, 3.8) is 0 Å². The third-order valence-electron chi connectivity index (χ3n) is 8.05. The van der Waals surface area contributed by atoms with Crippen molar-refractivity contribution in [3.8, 4) is 0 Å². The number of nitrogens with two attached hydrogens (primary N) is 1. The number of hydrogen-bond donors (Lipinski definition) is 3. The maximum atomic E-state index is 13.8. The summed E-state index contributed by atoms with van der Waals surface area (Å²) in [5.41, 5.74) is -2.79. The molecular formula is C33H32F9N5O5. The molecule has 0 saturated heterocycles. The van der Waals surface area contributed by atoms with E-state index in [4.69, 9.17) is 10.5 Å². The monoisotopic (exact) mass is 749 g/mol. The molecule has 4 N–H and O–H groups in total. The minimum Gasteiger partial charge on any atom is -0.465 e. The maximum Gasteiger partial charge on any atom is 0.416 e. The van der Waals surface area contributed by atoms with Crippen LogP contribution in [0.1, 0.15) is 96.1 Å². The quantitative estimate of drug-likeness (QED) is 0.169. The lowest BCUT2D eigenvalue weighted by Gasteiger charge is -2.46. The third kappa shape index (κ3) is 8.91. The number of rotatable bonds is 7. The number of fused-ring (bicyclic) bond motifs is 1. The van der Waals surface area contributed by atoms with Crippen molar-refractivity contribution in [1.29, 1.82) is 0 Å². The Labute approximate surface area is 290 Å². The Bertz CT molecular complexity index is 1840. The van der Waals surface area contributed by atoms with Crippen molar-refractivity contribution in [2.24, 2.45) is 5.73 Å². The van der Waals surface area contributed by atoms with E-state index in [1.807, 2.05) is 0 Å². The highest BCUT2D eigenvalue weighted by atomic mass is 19.4. The van der Waals surface area contributed by atoms with E-state index < -0.39 is 107 Å². The molecule has 52 heavy (non-hydrogen) atoms. The summed E-state index contributed by atoms with van der Waals surface area (Å²) in [5, 5.41) is 12.2. The van der Waals surface area contributed by atoms with Crippen LogP contribution in [-0.2, 0) is 34.5 Å². The average Bonchev–Trinajstić information content (AvgIpc) is 3.00. The fourth-order valence-electron chi connectivity index (χ4n) is 5.70. The number of anilines is 1. The first kappa shape index (κ1) is 39.8. The lowest BCUT2D eigenvalue weighted by molar-refractivity contribution is -0.153. The normalized spacial score (nSPS) is 18.1. The Balaban J connectivity index is 1.92. The van der Waals surface area contributed by atoms with Crippen molar-refractivity contribution < 1.29 is 63.7 Å². The molecule has 2 aromatic carbocycles. The van der Waals surface area contributed by atoms with Gasteiger partial charge >= 0.3 is 30.6 Å². The molecule has 1 aliphatic rings. The molecule has 3 aromatic rings. The fourth-order valence-corrected chi connectivity index (χ4v) is 5.70. The van der Waals surface area contributed by atoms with Gasteiger partial charge < -0.3 is 20.9 Å². The number of carbonyl (C=O) groups is 3. The van der Waals surface area contributed by atoms with E-state index in [0.717, 1.165) is 12.3 Å². The van der Waals surface area contributed by atoms with E-state index in [0.29, 0.717) is 29.2 Å². The number of alkyl halides is 9. The lowest BCUT2D eigenvalue weighted by Crippen LogP contribution is -2.61. The van der Waals surface area contributed by atoms with Gasteiger partial charge in [0.05, 0.1) is 33.6 Å². The second-order valence-corrected chi connectivity index (χ2v) is 13.1. The molecule has 0 aliphatic carbocycles. The number of esters is 1. The molecule has 0 spiro atoms. The van der Waals surface area contributed by atoms with E-state index >= 15 is 0 Å². The summed E-state index contributed by atoms with van der Waals surface area (Å²) in [5.74, 6) is -3.66. The molecule has 0 unspecified atom stereocenters. The number of benzene rings is 2. The highest BCUT2D eigenvalue weighted by molar-refractivity contribution is 5.96. The summed E-state index contributed by atoms with van der Waals surface area (Å²) in [7, 11) is 0. The van der Waals surface area contributed by atoms with Crippen molar-refractivity contribution in [1.82, 2.24) is 15.3 Å². The van der Waals surface area contributed by atoms with Crippen molar-refractivity contribution in [2.75, 3.05) is 11.4 Å². The minimum atomic E-state index is -5.22. The first-order valence-electron chi connectivity index (χ1n) is 15.4. The Morgan fingerprint density at radius 2 is 1.52 bits per heavy atom. The van der Waals surface area contributed by atoms with Gasteiger partial charge in [0.25, 0.3) is 5.91 Å². The van der Waals surface area contributed by atoms with Crippen molar-refractivity contribution in [2.45, 2.75) is 82.7 Å². The molecule has 19 heteroatoms. The van der Waals surface area contributed by atoms with Crippen LogP contribution in [0.15, 0.2) is 42.6 Å². The number of halogens is 9. The van der Waals surface area contributed by atoms with E-state index in [9.17, 15) is 59.0 Å². The van der Waals surface area contributed by atoms with Gasteiger partial charge in [-0.1, -0.05) is 6.92 Å². The summed E-state index contributed by atoms with van der Waals surface area (Å²) < 4.78 is 129. The van der Waals surface area contributed by atoms with Gasteiger partial charge in [-0.25, -0.2) is 14.8 Å². The van der Waals surface area contributed by atoms with Crippen LogP contribution in [0, 0.1) is 0 Å². The molecule has 0 fully saturated rings. The van der Waals surface area contributed by atoms with Gasteiger partial charge in [-0.3, -0.25) is 14.5 Å². The van der Waals surface area contributed by atoms with Gasteiger partial charge in [0.1, 0.15) is 23.6 Å². The van der Waals surface area contributed by atoms with Gasteiger partial charge in [0, 0.05) is 18.5 Å². The van der Waals surface area contributed by atoms with Crippen LogP contribution in [0.25, 0.3) is 0 Å². The van der Waals surface area contributed by atoms with E-state index in [2.05, 4.69) is 15.3 Å². The number of hydrogen-bond acceptors (Lipinski definition) is 7. The molecule has 1 aliphatic heterocycles. The van der Waals surface area contributed by atoms with Crippen LogP contribution in [-0.4, -0.2) is 50.9 Å². The van der Waals surface area contributed by atoms with Crippen molar-refractivity contribution >= 4 is 23.7 Å². The summed E-state index contributed by atoms with van der Waals surface area (Å²) in [6.07, 6.45) is -17.4. The number of nitrogens with zero attached hydrogens (tertiary/aromatic N) is 3. The standard InChI is InChI=1S/C33H32F9N5O5/c1-5-30(43)13-21(20-12-17(31(34,35)36)6-7-24(20)47(30)28(50)51)26-44-14-22(27(49)45-15-25(48)52-29(2,3)4)23(46-26)10-16-8-18(32(37,38)39)11-19(9-16)33(40,41)42/h6-9,11-12,14,21H,5,10,13,15,43H2,1-4H3,(H,45,49)(H,50,51)/t21-,30+/m0/s1. The summed E-state index contributed by atoms with van der Waals surface area (Å²) >= 11 is 0. The smallest absolute Gasteiger partial charge is 0.416 e. The molecule has 0 saturated carbocycles. The van der Waals surface area contributed by atoms with E-state index in [-0.39, 0.29) is 29.6 Å². The number of ether oxygens (including phenoxy) is 1. The van der Waals surface area contributed by atoms with E-state index in [1.165, 1.54) is 6.92 Å². The lowest BCUT2D eigenvalue weighted by atomic mass is 9.80. The Kier molecular flexibility index (Phi) is 10.6. The molecule has 2 atom stereocenters. The van der Waals surface area contributed by atoms with Crippen LogP contribution < -0.4 is 16.0 Å². The van der Waals surface area contributed by atoms with Gasteiger partial charge in [-0.05, 0) is 81.1 Å². The molecule has 0 bridgehead atoms. The molecule has 2 amide bonds. The van der Waals surface area contributed by atoms with Crippen LogP contribution in [0.3, 0.4) is 0 Å². The number of nitrogens with one attached hydrogen (secondary N) is 1. The number of carboxylic acid groups (broad SMARTS) is 1. The fraction of sp³-hybridized carbons (Fsp3) is 0.424. The van der Waals surface area contributed by atoms with Crippen LogP contribution >= 0.6 is 0 Å². The van der Waals surface area contributed by atoms with Gasteiger partial charge in [-0.15, -0.1) is 0 Å². The van der Waals surface area contributed by atoms with Crippen LogP contribution in [0.2, 0.25) is 0 Å². The number of aromatic nitrogens is 2. The Morgan fingerprint density at radius 3 is 2.02 bits per heavy atom. The molecule has 0 radical (unpaired) electrons. The molecule has 2 heterocycles. The second-order valence-electron chi connectivity index (χ2n) is 13.1. The highest BCUT2D eigenvalue weighted by Gasteiger charge is 2.47. The second kappa shape index (κ2) is 13.9. The summed E-state index contributed by atoms with van der Waals surface area (Å²) in [6.45, 7) is 5.44. The number of carbonyl (C=O) groups excluding carboxylic acids is 2. The molecule has 10 nitrogen and oxygen atoms in total. The molecular weight excluding hydrogens is 717 g/mol.